The number of carbonyl (C=O) groups excluding carboxylic acids is 3. The van der Waals surface area contributed by atoms with Gasteiger partial charge in [0.15, 0.2) is 33.6 Å². The van der Waals surface area contributed by atoms with E-state index in [0.717, 1.165) is 5.52 Å². The number of aliphatic carboxylic acids is 2. The van der Waals surface area contributed by atoms with Crippen LogP contribution in [-0.2, 0) is 34.0 Å². The minimum absolute atomic E-state index is 0.00340. The maximum atomic E-state index is 13.4. The number of alkyl halides is 6. The molecule has 0 unspecified atom stereocenters. The van der Waals surface area contributed by atoms with Crippen molar-refractivity contribution >= 4 is 64.3 Å². The summed E-state index contributed by atoms with van der Waals surface area (Å²) in [5.41, 5.74) is 13.4. The van der Waals surface area contributed by atoms with Crippen LogP contribution in [0.4, 0.5) is 43.8 Å². The molecule has 2 aromatic heterocycles. The molecule has 1 aromatic carbocycles. The normalized spacial score (nSPS) is 15.4. The van der Waals surface area contributed by atoms with Gasteiger partial charge in [-0.15, -0.1) is 0 Å². The zero-order valence-electron chi connectivity index (χ0n) is 35.7. The molecule has 0 saturated heterocycles. The molecule has 32 heteroatoms. The second kappa shape index (κ2) is 27.0. The molecule has 0 fully saturated rings. The number of benzene rings is 1. The van der Waals surface area contributed by atoms with Gasteiger partial charge in [0.1, 0.15) is 49.1 Å². The standard InChI is InChI=1S/C32H50ClN9O12.2C2HF3O2/c1-3-41-17-6-5-16(9-18(17)42(4-2)23(41)12-40(15-45)31-30(35)38-29(34)28(33)37-31)32(54)36-7-8-39(10-19(46)24(50)26(52)21(48)13-43)11-20(47)25(51)27(53)22(49)14-44;2*3-2(4,5)1(6)7/h5-6,9,15,19-22,24-27,43-44,46-53H,3-4,7-8,10-14H2,1-2H3,(H4-,34,35,36,38,54);2*(H,6,7)/t19-,20-,21+,22+,24+,25+,26+,27+;;/m0../s1. The number of anilines is 3. The molecule has 68 heavy (non-hydrogen) atoms. The molecule has 3 aromatic rings. The van der Waals surface area contributed by atoms with Gasteiger partial charge in [0.2, 0.25) is 6.41 Å². The molecule has 0 aliphatic carbocycles. The lowest BCUT2D eigenvalue weighted by atomic mass is 10.0. The lowest BCUT2D eigenvalue weighted by Crippen LogP contribution is -2.54. The van der Waals surface area contributed by atoms with Crippen molar-refractivity contribution in [1.29, 1.82) is 0 Å². The number of nitrogen functional groups attached to an aromatic ring is 2. The zero-order chi connectivity index (χ0) is 52.6. The first-order chi connectivity index (χ1) is 31.4. The number of imidazole rings is 1. The Hall–Kier alpha value is -5.32. The smallest absolute Gasteiger partial charge is 0.490 e. The minimum Gasteiger partial charge on any atom is -0.542 e. The fourth-order valence-corrected chi connectivity index (χ4v) is 6.05. The maximum absolute atomic E-state index is 13.4. The Labute approximate surface area is 385 Å². The van der Waals surface area contributed by atoms with E-state index in [4.69, 9.17) is 53.1 Å². The molecule has 386 valence electrons. The van der Waals surface area contributed by atoms with Crippen LogP contribution in [0.25, 0.3) is 11.0 Å². The van der Waals surface area contributed by atoms with E-state index in [1.165, 1.54) is 9.80 Å². The summed E-state index contributed by atoms with van der Waals surface area (Å²) in [6, 6.07) is 4.99. The topological polar surface area (TPSA) is 419 Å². The van der Waals surface area contributed by atoms with Crippen molar-refractivity contribution in [2.45, 2.75) is 94.7 Å². The SMILES string of the molecule is CCn1c(CN(C=O)c2nc(Cl)c(N)nc2N)[n+](CC)c2ccc(C(=O)NCCN(C[C@H](O)[C@@H](O)[C@H](O)[C@H](O)CO)C[C@H](O)[C@@H](O)[C@H](O)[C@H](O)CO)cc21.O=C(O)C(F)(F)F.O=C([O-])C(F)(F)F. The number of halogens is 7. The van der Waals surface area contributed by atoms with Crippen LogP contribution in [0.1, 0.15) is 30.0 Å². The Morgan fingerprint density at radius 2 is 1.32 bits per heavy atom. The van der Waals surface area contributed by atoms with Gasteiger partial charge in [0.25, 0.3) is 11.7 Å². The number of carboxylic acids is 2. The molecule has 0 bridgehead atoms. The summed E-state index contributed by atoms with van der Waals surface area (Å²) in [4.78, 5) is 53.9. The van der Waals surface area contributed by atoms with Crippen molar-refractivity contribution < 1.29 is 111 Å². The van der Waals surface area contributed by atoms with E-state index < -0.39 is 105 Å². The lowest BCUT2D eigenvalue weighted by molar-refractivity contribution is -0.676. The van der Waals surface area contributed by atoms with E-state index in [2.05, 4.69) is 15.3 Å². The number of aliphatic hydroxyl groups is 10. The molecular weight excluding hydrogens is 964 g/mol. The molecule has 3 rings (SSSR count). The van der Waals surface area contributed by atoms with E-state index in [9.17, 15) is 76.8 Å². The number of fused-ring (bicyclic) bond motifs is 1. The number of nitrogens with one attached hydrogen (secondary N) is 1. The van der Waals surface area contributed by atoms with Crippen LogP contribution in [0.3, 0.4) is 0 Å². The molecule has 16 N–H and O–H groups in total. The van der Waals surface area contributed by atoms with E-state index in [1.807, 2.05) is 23.0 Å². The molecule has 0 aliphatic rings. The first-order valence-corrected chi connectivity index (χ1v) is 19.9. The van der Waals surface area contributed by atoms with Crippen LogP contribution in [-0.4, -0.2) is 200 Å². The Balaban J connectivity index is 0.00000143. The lowest BCUT2D eigenvalue weighted by Gasteiger charge is -2.33. The summed E-state index contributed by atoms with van der Waals surface area (Å²) in [5.74, 6) is -5.80. The highest BCUT2D eigenvalue weighted by molar-refractivity contribution is 6.31. The van der Waals surface area contributed by atoms with E-state index >= 15 is 0 Å². The molecule has 0 radical (unpaired) electrons. The largest absolute Gasteiger partial charge is 0.542 e. The molecule has 0 aliphatic heterocycles. The number of rotatable bonds is 22. The van der Waals surface area contributed by atoms with E-state index in [1.54, 1.807) is 18.2 Å². The van der Waals surface area contributed by atoms with Crippen LogP contribution in [0, 0.1) is 0 Å². The Morgan fingerprint density at radius 1 is 0.853 bits per heavy atom. The number of hydrogen-bond donors (Lipinski definition) is 14. The monoisotopic (exact) mass is 1020 g/mol. The van der Waals surface area contributed by atoms with Gasteiger partial charge in [0, 0.05) is 37.8 Å². The molecule has 0 saturated carbocycles. The maximum Gasteiger partial charge on any atom is 0.490 e. The predicted molar refractivity (Wildman–Crippen MR) is 217 cm³/mol. The Morgan fingerprint density at radius 3 is 1.72 bits per heavy atom. The fraction of sp³-hybridized carbons (Fsp3) is 0.583. The Kier molecular flexibility index (Phi) is 24.1. The summed E-state index contributed by atoms with van der Waals surface area (Å²) < 4.78 is 67.1. The summed E-state index contributed by atoms with van der Waals surface area (Å²) in [5, 5.41) is 118. The number of hydrogen-bond acceptors (Lipinski definition) is 20. The van der Waals surface area contributed by atoms with Gasteiger partial charge in [-0.1, -0.05) is 11.6 Å². The summed E-state index contributed by atoms with van der Waals surface area (Å²) in [6.07, 6.45) is -24.7. The van der Waals surface area contributed by atoms with Crippen LogP contribution in [0.5, 0.6) is 0 Å². The Bertz CT molecular complexity index is 2070. The number of aryl methyl sites for hydroxylation is 2. The van der Waals surface area contributed by atoms with Gasteiger partial charge in [0.05, 0.1) is 38.5 Å². The zero-order valence-corrected chi connectivity index (χ0v) is 36.5. The second-order valence-electron chi connectivity index (χ2n) is 14.2. The summed E-state index contributed by atoms with van der Waals surface area (Å²) in [7, 11) is 0. The number of carboxylic acid groups (broad SMARTS) is 2. The second-order valence-corrected chi connectivity index (χ2v) is 14.5. The van der Waals surface area contributed by atoms with Crippen LogP contribution < -0.4 is 31.4 Å². The van der Waals surface area contributed by atoms with Crippen LogP contribution in [0.15, 0.2) is 18.2 Å². The molecule has 0 spiro atoms. The van der Waals surface area contributed by atoms with Gasteiger partial charge in [-0.3, -0.25) is 19.4 Å². The number of nitrogens with zero attached hydrogens (tertiary/aromatic N) is 6. The van der Waals surface area contributed by atoms with Crippen molar-refractivity contribution in [3.8, 4) is 0 Å². The van der Waals surface area contributed by atoms with Crippen molar-refractivity contribution in [3.05, 3.63) is 34.7 Å². The fourth-order valence-electron chi connectivity index (χ4n) is 5.93. The number of nitrogens with two attached hydrogens (primary N) is 2. The van der Waals surface area contributed by atoms with Gasteiger partial charge in [-0.2, -0.15) is 26.3 Å². The predicted octanol–water partition coefficient (Wildman–Crippen LogP) is -5.43. The van der Waals surface area contributed by atoms with Crippen molar-refractivity contribution in [2.75, 3.05) is 55.8 Å². The number of amides is 2. The average Bonchev–Trinajstić information content (AvgIpc) is 3.58. The van der Waals surface area contributed by atoms with Crippen molar-refractivity contribution in [2.24, 2.45) is 0 Å². The highest BCUT2D eigenvalue weighted by Gasteiger charge is 2.38. The van der Waals surface area contributed by atoms with Gasteiger partial charge in [-0.25, -0.2) is 23.9 Å². The number of aromatic nitrogens is 4. The third kappa shape index (κ3) is 17.3. The molecule has 8 atom stereocenters. The van der Waals surface area contributed by atoms with Crippen LogP contribution >= 0.6 is 11.6 Å². The molecule has 2 amide bonds. The van der Waals surface area contributed by atoms with Crippen LogP contribution in [0.2, 0.25) is 5.15 Å². The van der Waals surface area contributed by atoms with Gasteiger partial charge < -0.3 is 82.9 Å². The highest BCUT2D eigenvalue weighted by atomic mass is 35.5. The van der Waals surface area contributed by atoms with E-state index in [0.29, 0.717) is 30.8 Å². The van der Waals surface area contributed by atoms with Crippen molar-refractivity contribution in [3.63, 3.8) is 0 Å². The third-order valence-electron chi connectivity index (χ3n) is 9.40. The molecule has 2 heterocycles. The highest BCUT2D eigenvalue weighted by Crippen LogP contribution is 2.26. The first kappa shape index (κ1) is 60.7. The van der Waals surface area contributed by atoms with Gasteiger partial charge in [-0.05, 0) is 26.0 Å². The minimum atomic E-state index is -5.19. The number of carbonyl (C=O) groups is 4. The third-order valence-corrected chi connectivity index (χ3v) is 9.68. The van der Waals surface area contributed by atoms with Crippen molar-refractivity contribution in [1.82, 2.24) is 24.8 Å². The quantitative estimate of drug-likeness (QED) is 0.0254. The first-order valence-electron chi connectivity index (χ1n) is 19.5. The number of aliphatic hydroxyl groups excluding tert-OH is 10. The van der Waals surface area contributed by atoms with E-state index in [-0.39, 0.29) is 47.8 Å². The summed E-state index contributed by atoms with van der Waals surface area (Å²) >= 11 is 6.05. The molecule has 25 nitrogen and oxygen atoms in total. The molecular formula is C36H52ClF6N9O16. The van der Waals surface area contributed by atoms with Gasteiger partial charge >= 0.3 is 18.3 Å². The summed E-state index contributed by atoms with van der Waals surface area (Å²) in [6.45, 7) is 1.65. The average molecular weight is 1020 g/mol.